The molecule has 0 bridgehead atoms. The Bertz CT molecular complexity index is 579. The minimum Gasteiger partial charge on any atom is -0.497 e. The molecule has 2 aromatic carbocycles. The Labute approximate surface area is 130 Å². The number of benzene rings is 2. The molecule has 0 saturated carbocycles. The van der Waals surface area contributed by atoms with E-state index in [0.29, 0.717) is 0 Å². The van der Waals surface area contributed by atoms with Crippen molar-refractivity contribution in [3.05, 3.63) is 58.6 Å². The molecule has 2 aromatic rings. The molecule has 0 aliphatic carbocycles. The van der Waals surface area contributed by atoms with E-state index in [-0.39, 0.29) is 6.04 Å². The van der Waals surface area contributed by atoms with Crippen LogP contribution in [0.3, 0.4) is 0 Å². The Morgan fingerprint density at radius 2 is 1.67 bits per heavy atom. The van der Waals surface area contributed by atoms with Crippen LogP contribution < -0.4 is 14.8 Å². The fourth-order valence-electron chi connectivity index (χ4n) is 2.30. The molecule has 0 heterocycles. The summed E-state index contributed by atoms with van der Waals surface area (Å²) in [5.74, 6) is 1.56. The topological polar surface area (TPSA) is 30.5 Å². The summed E-state index contributed by atoms with van der Waals surface area (Å²) >= 11 is 6.25. The number of ether oxygens (including phenoxy) is 2. The van der Waals surface area contributed by atoms with Crippen molar-refractivity contribution in [3.8, 4) is 11.5 Å². The predicted octanol–water partition coefficient (Wildman–Crippen LogP) is 3.86. The summed E-state index contributed by atoms with van der Waals surface area (Å²) in [7, 11) is 5.25. The summed E-state index contributed by atoms with van der Waals surface area (Å²) in [6, 6.07) is 13.9. The zero-order valence-corrected chi connectivity index (χ0v) is 13.3. The molecular weight excluding hydrogens is 286 g/mol. The first-order valence-corrected chi connectivity index (χ1v) is 7.19. The molecule has 0 aromatic heterocycles. The van der Waals surface area contributed by atoms with E-state index in [1.165, 1.54) is 0 Å². The van der Waals surface area contributed by atoms with E-state index < -0.39 is 0 Å². The van der Waals surface area contributed by atoms with E-state index in [4.69, 9.17) is 21.1 Å². The second-order valence-electron chi connectivity index (χ2n) is 4.78. The molecule has 0 saturated heterocycles. The number of hydrogen-bond donors (Lipinski definition) is 1. The molecule has 2 rings (SSSR count). The molecule has 112 valence electrons. The highest BCUT2D eigenvalue weighted by atomic mass is 35.5. The van der Waals surface area contributed by atoms with Crippen molar-refractivity contribution in [2.75, 3.05) is 21.3 Å². The SMILES string of the molecule is CNC(Cc1ccccc1Cl)c1cc(OC)cc(OC)c1. The van der Waals surface area contributed by atoms with Gasteiger partial charge in [0, 0.05) is 17.1 Å². The van der Waals surface area contributed by atoms with Crippen molar-refractivity contribution in [1.82, 2.24) is 5.32 Å². The van der Waals surface area contributed by atoms with Crippen LogP contribution in [0.25, 0.3) is 0 Å². The van der Waals surface area contributed by atoms with Gasteiger partial charge in [-0.3, -0.25) is 0 Å². The van der Waals surface area contributed by atoms with Gasteiger partial charge >= 0.3 is 0 Å². The summed E-state index contributed by atoms with van der Waals surface area (Å²) in [5, 5.41) is 4.11. The van der Waals surface area contributed by atoms with Gasteiger partial charge in [0.2, 0.25) is 0 Å². The van der Waals surface area contributed by atoms with E-state index in [1.807, 2.05) is 49.5 Å². The minimum atomic E-state index is 0.133. The molecule has 1 N–H and O–H groups in total. The van der Waals surface area contributed by atoms with Crippen molar-refractivity contribution in [3.63, 3.8) is 0 Å². The van der Waals surface area contributed by atoms with Crippen LogP contribution >= 0.6 is 11.6 Å². The highest BCUT2D eigenvalue weighted by Gasteiger charge is 2.14. The Morgan fingerprint density at radius 3 is 2.19 bits per heavy atom. The molecule has 0 spiro atoms. The normalized spacial score (nSPS) is 12.0. The smallest absolute Gasteiger partial charge is 0.122 e. The molecule has 0 aliphatic heterocycles. The first-order chi connectivity index (χ1) is 10.2. The molecule has 1 atom stereocenters. The lowest BCUT2D eigenvalue weighted by molar-refractivity contribution is 0.392. The summed E-state index contributed by atoms with van der Waals surface area (Å²) < 4.78 is 10.7. The molecule has 0 fully saturated rings. The van der Waals surface area contributed by atoms with Gasteiger partial charge in [-0.1, -0.05) is 29.8 Å². The van der Waals surface area contributed by atoms with Gasteiger partial charge in [0.1, 0.15) is 11.5 Å². The van der Waals surface area contributed by atoms with Crippen LogP contribution in [-0.4, -0.2) is 21.3 Å². The van der Waals surface area contributed by atoms with Gasteiger partial charge in [-0.15, -0.1) is 0 Å². The van der Waals surface area contributed by atoms with Gasteiger partial charge < -0.3 is 14.8 Å². The number of nitrogens with one attached hydrogen (secondary N) is 1. The summed E-state index contributed by atoms with van der Waals surface area (Å²) in [6.45, 7) is 0. The third-order valence-electron chi connectivity index (χ3n) is 3.51. The van der Waals surface area contributed by atoms with Crippen LogP contribution in [0.15, 0.2) is 42.5 Å². The monoisotopic (exact) mass is 305 g/mol. The molecular formula is C17H20ClNO2. The molecule has 21 heavy (non-hydrogen) atoms. The van der Waals surface area contributed by atoms with Crippen LogP contribution in [0.2, 0.25) is 5.02 Å². The second-order valence-corrected chi connectivity index (χ2v) is 5.19. The van der Waals surface area contributed by atoms with Gasteiger partial charge in [-0.2, -0.15) is 0 Å². The standard InChI is InChI=1S/C17H20ClNO2/c1-19-17(10-12-6-4-5-7-16(12)18)13-8-14(20-2)11-15(9-13)21-3/h4-9,11,17,19H,10H2,1-3H3. The summed E-state index contributed by atoms with van der Waals surface area (Å²) in [5.41, 5.74) is 2.22. The maximum absolute atomic E-state index is 6.25. The Balaban J connectivity index is 2.31. The van der Waals surface area contributed by atoms with E-state index >= 15 is 0 Å². The van der Waals surface area contributed by atoms with Gasteiger partial charge in [-0.25, -0.2) is 0 Å². The lowest BCUT2D eigenvalue weighted by Gasteiger charge is -2.19. The second kappa shape index (κ2) is 7.34. The van der Waals surface area contributed by atoms with Crippen LogP contribution in [0.4, 0.5) is 0 Å². The first-order valence-electron chi connectivity index (χ1n) is 6.81. The van der Waals surface area contributed by atoms with Crippen molar-refractivity contribution < 1.29 is 9.47 Å². The summed E-state index contributed by atoms with van der Waals surface area (Å²) in [6.07, 6.45) is 0.798. The minimum absolute atomic E-state index is 0.133. The average Bonchev–Trinajstić information content (AvgIpc) is 2.53. The van der Waals surface area contributed by atoms with Crippen molar-refractivity contribution >= 4 is 11.6 Å². The number of halogens is 1. The zero-order valence-electron chi connectivity index (χ0n) is 12.5. The maximum Gasteiger partial charge on any atom is 0.122 e. The molecule has 0 amide bonds. The molecule has 3 nitrogen and oxygen atoms in total. The summed E-state index contributed by atoms with van der Waals surface area (Å²) in [4.78, 5) is 0. The predicted molar refractivity (Wildman–Crippen MR) is 86.5 cm³/mol. The third-order valence-corrected chi connectivity index (χ3v) is 3.88. The average molecular weight is 306 g/mol. The molecule has 1 unspecified atom stereocenters. The van der Waals surface area contributed by atoms with Gasteiger partial charge in [-0.05, 0) is 42.8 Å². The van der Waals surface area contributed by atoms with Crippen LogP contribution in [-0.2, 0) is 6.42 Å². The van der Waals surface area contributed by atoms with Crippen molar-refractivity contribution in [2.24, 2.45) is 0 Å². The fourth-order valence-corrected chi connectivity index (χ4v) is 2.51. The van der Waals surface area contributed by atoms with E-state index in [9.17, 15) is 0 Å². The Morgan fingerprint density at radius 1 is 1.05 bits per heavy atom. The van der Waals surface area contributed by atoms with Crippen molar-refractivity contribution in [2.45, 2.75) is 12.5 Å². The number of rotatable bonds is 6. The Kier molecular flexibility index (Phi) is 5.48. The lowest BCUT2D eigenvalue weighted by Crippen LogP contribution is -2.19. The lowest BCUT2D eigenvalue weighted by atomic mass is 9.98. The highest BCUT2D eigenvalue weighted by Crippen LogP contribution is 2.29. The van der Waals surface area contributed by atoms with Crippen molar-refractivity contribution in [1.29, 1.82) is 0 Å². The largest absolute Gasteiger partial charge is 0.497 e. The third kappa shape index (κ3) is 3.90. The Hall–Kier alpha value is -1.71. The maximum atomic E-state index is 6.25. The zero-order chi connectivity index (χ0) is 15.2. The number of methoxy groups -OCH3 is 2. The fraction of sp³-hybridized carbons (Fsp3) is 0.294. The molecule has 0 aliphatic rings. The highest BCUT2D eigenvalue weighted by molar-refractivity contribution is 6.31. The number of likely N-dealkylation sites (N-methyl/N-ethyl adjacent to an activating group) is 1. The van der Waals surface area contributed by atoms with E-state index in [0.717, 1.165) is 34.1 Å². The van der Waals surface area contributed by atoms with Gasteiger partial charge in [0.25, 0.3) is 0 Å². The number of hydrogen-bond acceptors (Lipinski definition) is 3. The van der Waals surface area contributed by atoms with Crippen LogP contribution in [0, 0.1) is 0 Å². The van der Waals surface area contributed by atoms with Gasteiger partial charge in [0.05, 0.1) is 14.2 Å². The van der Waals surface area contributed by atoms with Gasteiger partial charge in [0.15, 0.2) is 0 Å². The quantitative estimate of drug-likeness (QED) is 0.879. The molecule has 4 heteroatoms. The van der Waals surface area contributed by atoms with Crippen LogP contribution in [0.5, 0.6) is 11.5 Å². The van der Waals surface area contributed by atoms with E-state index in [2.05, 4.69) is 5.32 Å². The molecule has 0 radical (unpaired) electrons. The van der Waals surface area contributed by atoms with E-state index in [1.54, 1.807) is 14.2 Å². The van der Waals surface area contributed by atoms with Crippen LogP contribution in [0.1, 0.15) is 17.2 Å². The first kappa shape index (κ1) is 15.7.